The second kappa shape index (κ2) is 10.0. The minimum Gasteiger partial charge on any atom is -0.476 e. The van der Waals surface area contributed by atoms with Gasteiger partial charge in [-0.25, -0.2) is 0 Å². The lowest BCUT2D eigenvalue weighted by Gasteiger charge is -2.45. The molecule has 0 spiro atoms. The molecule has 0 aromatic heterocycles. The summed E-state index contributed by atoms with van der Waals surface area (Å²) in [6.45, 7) is 0.676. The number of aliphatic imine (C=N–C) groups is 1. The van der Waals surface area contributed by atoms with Crippen LogP contribution in [0.4, 0.5) is 0 Å². The Morgan fingerprint density at radius 2 is 1.77 bits per heavy atom. The topological polar surface area (TPSA) is 119 Å². The predicted molar refractivity (Wildman–Crippen MR) is 155 cm³/mol. The van der Waals surface area contributed by atoms with E-state index in [9.17, 15) is 17.8 Å². The van der Waals surface area contributed by atoms with Crippen molar-refractivity contribution < 1.29 is 22.5 Å². The van der Waals surface area contributed by atoms with Crippen LogP contribution < -0.4 is 10.5 Å². The van der Waals surface area contributed by atoms with E-state index in [-0.39, 0.29) is 11.0 Å². The average Bonchev–Trinajstić information content (AvgIpc) is 2.91. The van der Waals surface area contributed by atoms with Crippen molar-refractivity contribution in [3.05, 3.63) is 106 Å². The monoisotopic (exact) mass is 574 g/mol. The van der Waals surface area contributed by atoms with Crippen molar-refractivity contribution in [3.8, 4) is 5.75 Å². The van der Waals surface area contributed by atoms with E-state index in [4.69, 9.17) is 27.1 Å². The summed E-state index contributed by atoms with van der Waals surface area (Å²) >= 11 is 6.17. The van der Waals surface area contributed by atoms with Gasteiger partial charge in [-0.2, -0.15) is 8.42 Å². The minimum atomic E-state index is -4.68. The highest BCUT2D eigenvalue weighted by Crippen LogP contribution is 2.48. The summed E-state index contributed by atoms with van der Waals surface area (Å²) in [5.41, 5.74) is 9.75. The van der Waals surface area contributed by atoms with Crippen LogP contribution in [0.5, 0.6) is 5.75 Å². The Labute approximate surface area is 237 Å². The second-order valence-electron chi connectivity index (χ2n) is 10.3. The number of carbonyl (C=O) groups excluding carboxylic acids is 1. The first-order chi connectivity index (χ1) is 19.2. The summed E-state index contributed by atoms with van der Waals surface area (Å²) < 4.78 is 40.9. The van der Waals surface area contributed by atoms with Crippen LogP contribution >= 0.6 is 11.6 Å². The van der Waals surface area contributed by atoms with Crippen molar-refractivity contribution in [2.24, 2.45) is 10.7 Å². The molecule has 40 heavy (non-hydrogen) atoms. The molecule has 4 aromatic carbocycles. The molecule has 1 aliphatic carbocycles. The number of benzene rings is 4. The number of ether oxygens (including phenoxy) is 1. The summed E-state index contributed by atoms with van der Waals surface area (Å²) in [4.78, 5) is 17.4. The molecule has 2 aliphatic rings. The molecule has 1 saturated carbocycles. The molecular formula is C31H27ClN2O5S. The van der Waals surface area contributed by atoms with Crippen molar-refractivity contribution >= 4 is 44.1 Å². The van der Waals surface area contributed by atoms with Gasteiger partial charge in [-0.1, -0.05) is 66.6 Å². The lowest BCUT2D eigenvalue weighted by Crippen LogP contribution is -2.44. The molecule has 0 saturated heterocycles. The van der Waals surface area contributed by atoms with Crippen LogP contribution in [-0.4, -0.2) is 31.1 Å². The molecule has 1 fully saturated rings. The van der Waals surface area contributed by atoms with Gasteiger partial charge in [0.2, 0.25) is 6.10 Å². The normalized spacial score (nSPS) is 16.9. The number of rotatable bonds is 7. The molecule has 0 radical (unpaired) electrons. The van der Waals surface area contributed by atoms with Crippen molar-refractivity contribution in [2.75, 3.05) is 6.54 Å². The summed E-state index contributed by atoms with van der Waals surface area (Å²) in [5, 5.41) is 1.79. The van der Waals surface area contributed by atoms with Crippen LogP contribution in [-0.2, 0) is 26.7 Å². The van der Waals surface area contributed by atoms with Crippen LogP contribution in [0.1, 0.15) is 47.6 Å². The smallest absolute Gasteiger partial charge is 0.294 e. The fourth-order valence-electron chi connectivity index (χ4n) is 5.98. The zero-order valence-electron chi connectivity index (χ0n) is 21.5. The molecular weight excluding hydrogens is 548 g/mol. The molecule has 1 aliphatic heterocycles. The van der Waals surface area contributed by atoms with E-state index >= 15 is 0 Å². The molecule has 7 nitrogen and oxygen atoms in total. The van der Waals surface area contributed by atoms with Crippen LogP contribution in [0.3, 0.4) is 0 Å². The van der Waals surface area contributed by atoms with E-state index in [0.29, 0.717) is 28.1 Å². The Kier molecular flexibility index (Phi) is 6.65. The number of nitrogens with two attached hydrogens (primary N) is 1. The number of amides is 1. The third-order valence-electron chi connectivity index (χ3n) is 8.03. The zero-order valence-corrected chi connectivity index (χ0v) is 23.1. The van der Waals surface area contributed by atoms with Gasteiger partial charge in [0.05, 0.1) is 5.71 Å². The van der Waals surface area contributed by atoms with Gasteiger partial charge < -0.3 is 10.5 Å². The maximum Gasteiger partial charge on any atom is 0.294 e. The van der Waals surface area contributed by atoms with Crippen molar-refractivity contribution in [1.29, 1.82) is 0 Å². The molecule has 1 amide bonds. The number of hydrogen-bond donors (Lipinski definition) is 2. The van der Waals surface area contributed by atoms with Crippen LogP contribution in [0.15, 0.2) is 88.8 Å². The number of carbonyl (C=O) groups is 1. The van der Waals surface area contributed by atoms with Gasteiger partial charge >= 0.3 is 0 Å². The van der Waals surface area contributed by atoms with Crippen LogP contribution in [0.2, 0.25) is 5.02 Å². The SMILES string of the molecule is NC(=O)C(Oc1ccc2c(c1)C(C1(c3ccc(Cl)cc3)CCC1)=NCC2)c1c(S(=O)(=O)O)ccc2ccccc12. The molecule has 204 valence electrons. The number of halogens is 1. The summed E-state index contributed by atoms with van der Waals surface area (Å²) in [5.74, 6) is -0.540. The van der Waals surface area contributed by atoms with Gasteiger partial charge in [0, 0.05) is 28.1 Å². The van der Waals surface area contributed by atoms with E-state index in [2.05, 4.69) is 12.1 Å². The Bertz CT molecular complexity index is 1780. The van der Waals surface area contributed by atoms with E-state index in [0.717, 1.165) is 48.1 Å². The summed E-state index contributed by atoms with van der Waals surface area (Å²) in [6, 6.07) is 23.3. The third-order valence-corrected chi connectivity index (χ3v) is 9.19. The van der Waals surface area contributed by atoms with Crippen molar-refractivity contribution in [3.63, 3.8) is 0 Å². The lowest BCUT2D eigenvalue weighted by molar-refractivity contribution is -0.125. The quantitative estimate of drug-likeness (QED) is 0.270. The zero-order chi connectivity index (χ0) is 28.1. The number of primary amides is 1. The standard InChI is InChI=1S/C31H27ClN2O5S/c32-22-10-8-21(9-11-22)31(15-3-16-31)29-25-18-23(12-6-20(25)14-17-34-29)39-28(30(33)35)27-24-5-2-1-4-19(24)7-13-26(27)40(36,37)38/h1-2,4-13,18,28H,3,14-17H2,(H2,33,35)(H,36,37,38). The van der Waals surface area contributed by atoms with Crippen LogP contribution in [0.25, 0.3) is 10.8 Å². The Balaban J connectivity index is 1.44. The van der Waals surface area contributed by atoms with Crippen molar-refractivity contribution in [2.45, 2.75) is 42.1 Å². The molecule has 1 unspecified atom stereocenters. The maximum absolute atomic E-state index is 12.8. The maximum atomic E-state index is 12.8. The molecule has 9 heteroatoms. The van der Waals surface area contributed by atoms with E-state index in [1.54, 1.807) is 36.4 Å². The minimum absolute atomic E-state index is 0.00339. The summed E-state index contributed by atoms with van der Waals surface area (Å²) in [7, 11) is -4.68. The van der Waals surface area contributed by atoms with Crippen LogP contribution in [0, 0.1) is 0 Å². The second-order valence-corrected chi connectivity index (χ2v) is 12.1. The van der Waals surface area contributed by atoms with Gasteiger partial charge in [-0.05, 0) is 71.5 Å². The first-order valence-corrected chi connectivity index (χ1v) is 14.9. The molecule has 3 N–H and O–H groups in total. The first kappa shape index (κ1) is 26.5. The Hall–Kier alpha value is -3.72. The lowest BCUT2D eigenvalue weighted by atomic mass is 9.59. The highest BCUT2D eigenvalue weighted by Gasteiger charge is 2.45. The molecule has 1 atom stereocenters. The average molecular weight is 575 g/mol. The largest absolute Gasteiger partial charge is 0.476 e. The van der Waals surface area contributed by atoms with Gasteiger partial charge in [0.1, 0.15) is 10.6 Å². The Morgan fingerprint density at radius 1 is 1.02 bits per heavy atom. The highest BCUT2D eigenvalue weighted by atomic mass is 35.5. The summed E-state index contributed by atoms with van der Waals surface area (Å²) in [6.07, 6.45) is 2.28. The van der Waals surface area contributed by atoms with Gasteiger partial charge in [-0.3, -0.25) is 14.3 Å². The van der Waals surface area contributed by atoms with E-state index < -0.39 is 27.0 Å². The fraction of sp³-hybridized carbons (Fsp3) is 0.226. The highest BCUT2D eigenvalue weighted by molar-refractivity contribution is 7.85. The van der Waals surface area contributed by atoms with Gasteiger partial charge in [-0.15, -0.1) is 0 Å². The van der Waals surface area contributed by atoms with E-state index in [1.807, 2.05) is 24.3 Å². The first-order valence-electron chi connectivity index (χ1n) is 13.1. The third kappa shape index (κ3) is 4.56. The molecule has 4 aromatic rings. The molecule has 6 rings (SSSR count). The van der Waals surface area contributed by atoms with Gasteiger partial charge in [0.25, 0.3) is 16.0 Å². The number of hydrogen-bond acceptors (Lipinski definition) is 5. The van der Waals surface area contributed by atoms with Crippen molar-refractivity contribution in [1.82, 2.24) is 0 Å². The van der Waals surface area contributed by atoms with Gasteiger partial charge in [0.15, 0.2) is 0 Å². The number of nitrogens with zero attached hydrogens (tertiary/aromatic N) is 1. The predicted octanol–water partition coefficient (Wildman–Crippen LogP) is 5.81. The fourth-order valence-corrected chi connectivity index (χ4v) is 6.84. The van der Waals surface area contributed by atoms with E-state index in [1.165, 1.54) is 6.07 Å². The molecule has 1 heterocycles. The Morgan fingerprint density at radius 3 is 2.45 bits per heavy atom. The molecule has 0 bridgehead atoms. The number of fused-ring (bicyclic) bond motifs is 2.